The summed E-state index contributed by atoms with van der Waals surface area (Å²) in [6.07, 6.45) is 0. The van der Waals surface area contributed by atoms with Crippen LogP contribution in [0.5, 0.6) is 11.5 Å². The number of benzene rings is 3. The van der Waals surface area contributed by atoms with E-state index in [0.29, 0.717) is 27.8 Å². The molecule has 8 heteroatoms. The Morgan fingerprint density at radius 3 is 2.35 bits per heavy atom. The Kier molecular flexibility index (Phi) is 6.48. The maximum absolute atomic E-state index is 15.0. The Balaban J connectivity index is 1.91. The summed E-state index contributed by atoms with van der Waals surface area (Å²) in [5, 5.41) is 3.24. The summed E-state index contributed by atoms with van der Waals surface area (Å²) >= 11 is 6.35. The first-order valence-corrected chi connectivity index (χ1v) is 11.0. The largest absolute Gasteiger partial charge is 0.493 e. The molecule has 6 nitrogen and oxygen atoms in total. The molecule has 4 rings (SSSR count). The standard InChI is InChI=1S/C26H24ClFN2O4/c1-14-9-10-20(18(27)11-14)29-25(31)23-16-12-21(33-3)22(34-4)13-17(16)26(32)30(2)24(23)15-7-5-6-8-19(15)28/h5-13,23-24H,1-4H3,(H,29,31). The Morgan fingerprint density at radius 2 is 1.71 bits per heavy atom. The number of carbonyl (C=O) groups excluding carboxylic acids is 2. The molecule has 0 bridgehead atoms. The quantitative estimate of drug-likeness (QED) is 0.532. The molecule has 3 aromatic rings. The number of hydrogen-bond donors (Lipinski definition) is 1. The number of ether oxygens (including phenoxy) is 2. The van der Waals surface area contributed by atoms with Crippen molar-refractivity contribution in [3.05, 3.63) is 87.7 Å². The lowest BCUT2D eigenvalue weighted by Gasteiger charge is -2.40. The number of carbonyl (C=O) groups is 2. The van der Waals surface area contributed by atoms with Gasteiger partial charge in [-0.1, -0.05) is 35.9 Å². The zero-order valence-corrected chi connectivity index (χ0v) is 19.9. The van der Waals surface area contributed by atoms with Crippen LogP contribution in [0.2, 0.25) is 5.02 Å². The molecule has 34 heavy (non-hydrogen) atoms. The van der Waals surface area contributed by atoms with Crippen molar-refractivity contribution in [3.8, 4) is 11.5 Å². The number of halogens is 2. The highest BCUT2D eigenvalue weighted by Gasteiger charge is 2.44. The molecule has 1 aliphatic rings. The molecule has 2 amide bonds. The summed E-state index contributed by atoms with van der Waals surface area (Å²) in [7, 11) is 4.49. The molecule has 3 aromatic carbocycles. The van der Waals surface area contributed by atoms with Crippen molar-refractivity contribution in [1.82, 2.24) is 4.90 Å². The summed E-state index contributed by atoms with van der Waals surface area (Å²) in [6, 6.07) is 13.7. The van der Waals surface area contributed by atoms with Gasteiger partial charge in [-0.25, -0.2) is 4.39 Å². The molecule has 1 heterocycles. The van der Waals surface area contributed by atoms with E-state index in [1.54, 1.807) is 49.5 Å². The van der Waals surface area contributed by atoms with Crippen molar-refractivity contribution in [2.24, 2.45) is 0 Å². The number of amides is 2. The molecule has 0 aliphatic carbocycles. The van der Waals surface area contributed by atoms with E-state index in [1.807, 2.05) is 13.0 Å². The van der Waals surface area contributed by atoms with E-state index in [4.69, 9.17) is 21.1 Å². The van der Waals surface area contributed by atoms with E-state index >= 15 is 0 Å². The smallest absolute Gasteiger partial charge is 0.254 e. The number of nitrogens with one attached hydrogen (secondary N) is 1. The van der Waals surface area contributed by atoms with Crippen LogP contribution in [0.3, 0.4) is 0 Å². The summed E-state index contributed by atoms with van der Waals surface area (Å²) in [5.41, 5.74) is 2.29. The number of aryl methyl sites for hydroxylation is 1. The van der Waals surface area contributed by atoms with E-state index in [1.165, 1.54) is 25.2 Å². The molecule has 1 N–H and O–H groups in total. The zero-order chi connectivity index (χ0) is 24.6. The second kappa shape index (κ2) is 9.35. The lowest BCUT2D eigenvalue weighted by Crippen LogP contribution is -2.44. The van der Waals surface area contributed by atoms with Gasteiger partial charge in [-0.2, -0.15) is 0 Å². The lowest BCUT2D eigenvalue weighted by molar-refractivity contribution is -0.119. The van der Waals surface area contributed by atoms with Gasteiger partial charge in [-0.05, 0) is 48.4 Å². The van der Waals surface area contributed by atoms with Crippen LogP contribution in [0, 0.1) is 12.7 Å². The van der Waals surface area contributed by atoms with Gasteiger partial charge in [-0.3, -0.25) is 9.59 Å². The Bertz CT molecular complexity index is 1280. The van der Waals surface area contributed by atoms with E-state index < -0.39 is 23.7 Å². The number of nitrogens with zero attached hydrogens (tertiary/aromatic N) is 1. The van der Waals surface area contributed by atoms with Crippen molar-refractivity contribution in [2.75, 3.05) is 26.6 Å². The maximum atomic E-state index is 15.0. The van der Waals surface area contributed by atoms with Crippen molar-refractivity contribution in [1.29, 1.82) is 0 Å². The molecule has 1 aliphatic heterocycles. The highest BCUT2D eigenvalue weighted by Crippen LogP contribution is 2.46. The fraction of sp³-hybridized carbons (Fsp3) is 0.231. The van der Waals surface area contributed by atoms with Crippen LogP contribution < -0.4 is 14.8 Å². The molecule has 0 radical (unpaired) electrons. The van der Waals surface area contributed by atoms with Gasteiger partial charge in [0.1, 0.15) is 5.82 Å². The second-order valence-corrected chi connectivity index (χ2v) is 8.53. The number of rotatable bonds is 5. The van der Waals surface area contributed by atoms with Gasteiger partial charge < -0.3 is 19.7 Å². The van der Waals surface area contributed by atoms with E-state index in [9.17, 15) is 14.0 Å². The Morgan fingerprint density at radius 1 is 1.03 bits per heavy atom. The van der Waals surface area contributed by atoms with Crippen LogP contribution >= 0.6 is 11.6 Å². The number of hydrogen-bond acceptors (Lipinski definition) is 4. The molecule has 0 aromatic heterocycles. The van der Waals surface area contributed by atoms with Gasteiger partial charge >= 0.3 is 0 Å². The Hall–Kier alpha value is -3.58. The van der Waals surface area contributed by atoms with Gasteiger partial charge in [0.25, 0.3) is 5.91 Å². The lowest BCUT2D eigenvalue weighted by atomic mass is 9.79. The van der Waals surface area contributed by atoms with Crippen molar-refractivity contribution >= 4 is 29.1 Å². The van der Waals surface area contributed by atoms with E-state index in [-0.39, 0.29) is 17.0 Å². The van der Waals surface area contributed by atoms with Crippen molar-refractivity contribution < 1.29 is 23.5 Å². The average Bonchev–Trinajstić information content (AvgIpc) is 2.82. The van der Waals surface area contributed by atoms with Crippen LogP contribution in [0.25, 0.3) is 0 Å². The van der Waals surface area contributed by atoms with Gasteiger partial charge in [0.2, 0.25) is 5.91 Å². The van der Waals surface area contributed by atoms with Crippen molar-refractivity contribution in [3.63, 3.8) is 0 Å². The number of anilines is 1. The number of likely N-dealkylation sites (N-methyl/N-ethyl adjacent to an activating group) is 1. The summed E-state index contributed by atoms with van der Waals surface area (Å²) in [4.78, 5) is 28.5. The third-order valence-corrected chi connectivity index (χ3v) is 6.38. The highest BCUT2D eigenvalue weighted by molar-refractivity contribution is 6.33. The van der Waals surface area contributed by atoms with Gasteiger partial charge in [0.15, 0.2) is 11.5 Å². The van der Waals surface area contributed by atoms with Gasteiger partial charge in [-0.15, -0.1) is 0 Å². The Labute approximate surface area is 202 Å². The minimum Gasteiger partial charge on any atom is -0.493 e. The zero-order valence-electron chi connectivity index (χ0n) is 19.2. The van der Waals surface area contributed by atoms with Crippen LogP contribution in [0.1, 0.15) is 39.0 Å². The predicted molar refractivity (Wildman–Crippen MR) is 128 cm³/mol. The molecular formula is C26H24ClFN2O4. The van der Waals surface area contributed by atoms with Gasteiger partial charge in [0, 0.05) is 18.2 Å². The first kappa shape index (κ1) is 23.6. The fourth-order valence-electron chi connectivity index (χ4n) is 4.37. The minimum atomic E-state index is -0.952. The molecule has 176 valence electrons. The van der Waals surface area contributed by atoms with Crippen LogP contribution in [0.15, 0.2) is 54.6 Å². The molecule has 0 spiro atoms. The monoisotopic (exact) mass is 482 g/mol. The first-order chi connectivity index (χ1) is 16.3. The van der Waals surface area contributed by atoms with Crippen molar-refractivity contribution in [2.45, 2.75) is 18.9 Å². The normalized spacial score (nSPS) is 17.2. The summed E-state index contributed by atoms with van der Waals surface area (Å²) in [6.45, 7) is 1.89. The van der Waals surface area contributed by atoms with E-state index in [0.717, 1.165) is 5.56 Å². The molecule has 0 fully saturated rings. The third-order valence-electron chi connectivity index (χ3n) is 6.06. The summed E-state index contributed by atoms with van der Waals surface area (Å²) < 4.78 is 25.7. The molecule has 2 atom stereocenters. The number of fused-ring (bicyclic) bond motifs is 1. The SMILES string of the molecule is COc1cc2c(cc1OC)C(C(=O)Nc1ccc(C)cc1Cl)C(c1ccccc1F)N(C)C2=O. The molecular weight excluding hydrogens is 459 g/mol. The minimum absolute atomic E-state index is 0.230. The first-order valence-electron chi connectivity index (χ1n) is 10.6. The van der Waals surface area contributed by atoms with Gasteiger partial charge in [0.05, 0.1) is 36.9 Å². The molecule has 0 saturated carbocycles. The topological polar surface area (TPSA) is 67.9 Å². The average molecular weight is 483 g/mol. The summed E-state index contributed by atoms with van der Waals surface area (Å²) in [5.74, 6) is -1.55. The third kappa shape index (κ3) is 4.07. The molecule has 0 saturated heterocycles. The highest BCUT2D eigenvalue weighted by atomic mass is 35.5. The maximum Gasteiger partial charge on any atom is 0.254 e. The van der Waals surface area contributed by atoms with Crippen LogP contribution in [-0.2, 0) is 4.79 Å². The second-order valence-electron chi connectivity index (χ2n) is 8.13. The van der Waals surface area contributed by atoms with Crippen LogP contribution in [0.4, 0.5) is 10.1 Å². The van der Waals surface area contributed by atoms with Crippen LogP contribution in [-0.4, -0.2) is 38.0 Å². The molecule has 2 unspecified atom stereocenters. The number of methoxy groups -OCH3 is 2. The van der Waals surface area contributed by atoms with E-state index in [2.05, 4.69) is 5.32 Å². The predicted octanol–water partition coefficient (Wildman–Crippen LogP) is 5.35. The fourth-order valence-corrected chi connectivity index (χ4v) is 4.65.